The number of aryl methyl sites for hydroxylation is 1. The molecular formula is C13H14FN3. The van der Waals surface area contributed by atoms with Gasteiger partial charge in [-0.15, -0.1) is 0 Å². The van der Waals surface area contributed by atoms with Crippen molar-refractivity contribution in [1.29, 1.82) is 0 Å². The number of halogens is 1. The number of nitrogens with one attached hydrogen (secondary N) is 1. The van der Waals surface area contributed by atoms with E-state index in [0.29, 0.717) is 0 Å². The maximum Gasteiger partial charge on any atom is 0.125 e. The van der Waals surface area contributed by atoms with Crippen molar-refractivity contribution in [2.75, 3.05) is 13.1 Å². The normalized spacial score (nSPS) is 16.2. The summed E-state index contributed by atoms with van der Waals surface area (Å²) in [5.41, 5.74) is 3.09. The van der Waals surface area contributed by atoms with Gasteiger partial charge in [-0.2, -0.15) is 5.10 Å². The Labute approximate surface area is 98.9 Å². The topological polar surface area (TPSA) is 29.9 Å². The second-order valence-corrected chi connectivity index (χ2v) is 4.32. The van der Waals surface area contributed by atoms with Crippen LogP contribution in [0.15, 0.2) is 24.3 Å². The van der Waals surface area contributed by atoms with E-state index in [1.54, 1.807) is 4.68 Å². The molecule has 0 aliphatic carbocycles. The molecule has 0 saturated carbocycles. The summed E-state index contributed by atoms with van der Waals surface area (Å²) in [6.45, 7) is 1.86. The number of nitrogens with zero attached hydrogens (tertiary/aromatic N) is 2. The molecule has 0 radical (unpaired) electrons. The Kier molecular flexibility index (Phi) is 2.44. The van der Waals surface area contributed by atoms with Crippen molar-refractivity contribution in [1.82, 2.24) is 15.1 Å². The van der Waals surface area contributed by atoms with Gasteiger partial charge >= 0.3 is 0 Å². The molecule has 88 valence electrons. The third kappa shape index (κ3) is 1.74. The molecule has 1 aliphatic heterocycles. The molecule has 1 aromatic heterocycles. The fourth-order valence-corrected chi connectivity index (χ4v) is 2.31. The summed E-state index contributed by atoms with van der Waals surface area (Å²) < 4.78 is 14.9. The van der Waals surface area contributed by atoms with Crippen LogP contribution in [-0.4, -0.2) is 22.9 Å². The molecule has 0 atom stereocenters. The zero-order valence-electron chi connectivity index (χ0n) is 9.70. The first-order valence-electron chi connectivity index (χ1n) is 5.78. The summed E-state index contributed by atoms with van der Waals surface area (Å²) in [6.07, 6.45) is 3.14. The van der Waals surface area contributed by atoms with E-state index in [2.05, 4.69) is 16.5 Å². The molecule has 3 nitrogen and oxygen atoms in total. The molecule has 1 aliphatic rings. The van der Waals surface area contributed by atoms with Crippen LogP contribution in [0.3, 0.4) is 0 Å². The summed E-state index contributed by atoms with van der Waals surface area (Å²) in [7, 11) is 1.85. The molecule has 1 aromatic carbocycles. The Morgan fingerprint density at radius 3 is 3.06 bits per heavy atom. The van der Waals surface area contributed by atoms with Gasteiger partial charge in [0.15, 0.2) is 0 Å². The van der Waals surface area contributed by atoms with E-state index >= 15 is 0 Å². The fraction of sp³-hybridized carbons (Fsp3) is 0.308. The lowest BCUT2D eigenvalue weighted by atomic mass is 10.0. The van der Waals surface area contributed by atoms with E-state index in [1.807, 2.05) is 13.1 Å². The minimum atomic E-state index is -0.216. The van der Waals surface area contributed by atoms with Gasteiger partial charge in [0.05, 0.1) is 11.2 Å². The van der Waals surface area contributed by atoms with Crippen molar-refractivity contribution in [3.05, 3.63) is 35.8 Å². The highest BCUT2D eigenvalue weighted by Crippen LogP contribution is 2.27. The Morgan fingerprint density at radius 2 is 2.29 bits per heavy atom. The number of fused-ring (bicyclic) bond motifs is 1. The minimum absolute atomic E-state index is 0.216. The quantitative estimate of drug-likeness (QED) is 0.814. The van der Waals surface area contributed by atoms with Crippen molar-refractivity contribution in [2.24, 2.45) is 7.05 Å². The van der Waals surface area contributed by atoms with E-state index in [-0.39, 0.29) is 5.82 Å². The first-order chi connectivity index (χ1) is 8.25. The molecule has 0 fully saturated rings. The highest BCUT2D eigenvalue weighted by molar-refractivity contribution is 5.91. The van der Waals surface area contributed by atoms with Crippen molar-refractivity contribution in [3.8, 4) is 0 Å². The SMILES string of the molecule is Cn1nc(C2=CCNCC2)c2ccc(F)cc21. The van der Waals surface area contributed by atoms with Gasteiger partial charge in [0.1, 0.15) is 5.82 Å². The van der Waals surface area contributed by atoms with E-state index in [9.17, 15) is 4.39 Å². The third-order valence-corrected chi connectivity index (χ3v) is 3.18. The number of rotatable bonds is 1. The van der Waals surface area contributed by atoms with Gasteiger partial charge in [0.2, 0.25) is 0 Å². The van der Waals surface area contributed by atoms with Crippen LogP contribution in [0.5, 0.6) is 0 Å². The van der Waals surface area contributed by atoms with Crippen LogP contribution in [0.4, 0.5) is 4.39 Å². The predicted molar refractivity (Wildman–Crippen MR) is 66.1 cm³/mol. The zero-order valence-corrected chi connectivity index (χ0v) is 9.70. The molecule has 0 bridgehead atoms. The van der Waals surface area contributed by atoms with Crippen LogP contribution in [-0.2, 0) is 7.05 Å². The van der Waals surface area contributed by atoms with Crippen molar-refractivity contribution >= 4 is 16.5 Å². The largest absolute Gasteiger partial charge is 0.313 e. The predicted octanol–water partition coefficient (Wildman–Crippen LogP) is 2.09. The highest BCUT2D eigenvalue weighted by atomic mass is 19.1. The first kappa shape index (κ1) is 10.5. The maximum absolute atomic E-state index is 13.2. The molecule has 2 aromatic rings. The van der Waals surface area contributed by atoms with Crippen molar-refractivity contribution in [2.45, 2.75) is 6.42 Å². The summed E-state index contributed by atoms with van der Waals surface area (Å²) in [6, 6.07) is 4.85. The molecule has 1 N–H and O–H groups in total. The number of benzene rings is 1. The fourth-order valence-electron chi connectivity index (χ4n) is 2.31. The van der Waals surface area contributed by atoms with Crippen LogP contribution >= 0.6 is 0 Å². The third-order valence-electron chi connectivity index (χ3n) is 3.18. The lowest BCUT2D eigenvalue weighted by Crippen LogP contribution is -2.20. The molecule has 4 heteroatoms. The Morgan fingerprint density at radius 1 is 1.41 bits per heavy atom. The summed E-state index contributed by atoms with van der Waals surface area (Å²) in [4.78, 5) is 0. The van der Waals surface area contributed by atoms with Gasteiger partial charge in [-0.25, -0.2) is 4.39 Å². The van der Waals surface area contributed by atoms with Gasteiger partial charge < -0.3 is 5.32 Å². The number of hydrogen-bond acceptors (Lipinski definition) is 2. The average Bonchev–Trinajstić information content (AvgIpc) is 2.68. The Hall–Kier alpha value is -1.68. The number of hydrogen-bond donors (Lipinski definition) is 1. The summed E-state index contributed by atoms with van der Waals surface area (Å²) >= 11 is 0. The molecule has 17 heavy (non-hydrogen) atoms. The highest BCUT2D eigenvalue weighted by Gasteiger charge is 2.14. The van der Waals surface area contributed by atoms with Crippen LogP contribution in [0, 0.1) is 5.82 Å². The van der Waals surface area contributed by atoms with Crippen molar-refractivity contribution in [3.63, 3.8) is 0 Å². The Balaban J connectivity index is 2.20. The van der Waals surface area contributed by atoms with Crippen LogP contribution < -0.4 is 5.32 Å². The Bertz CT molecular complexity index is 598. The lowest BCUT2D eigenvalue weighted by molar-refractivity contribution is 0.628. The number of aromatic nitrogens is 2. The standard InChI is InChI=1S/C13H14FN3/c1-17-12-8-10(14)2-3-11(12)13(16-17)9-4-6-15-7-5-9/h2-4,8,15H,5-7H2,1H3. The van der Waals surface area contributed by atoms with Gasteiger partial charge in [-0.3, -0.25) is 4.68 Å². The van der Waals surface area contributed by atoms with Crippen LogP contribution in [0.25, 0.3) is 16.5 Å². The first-order valence-corrected chi connectivity index (χ1v) is 5.78. The van der Waals surface area contributed by atoms with Crippen LogP contribution in [0.2, 0.25) is 0 Å². The molecule has 0 saturated heterocycles. The molecule has 0 amide bonds. The monoisotopic (exact) mass is 231 g/mol. The van der Waals surface area contributed by atoms with E-state index in [0.717, 1.165) is 36.1 Å². The maximum atomic E-state index is 13.2. The molecule has 2 heterocycles. The summed E-state index contributed by atoms with van der Waals surface area (Å²) in [5.74, 6) is -0.216. The van der Waals surface area contributed by atoms with Gasteiger partial charge in [0.25, 0.3) is 0 Å². The molecule has 0 spiro atoms. The van der Waals surface area contributed by atoms with E-state index in [1.165, 1.54) is 17.7 Å². The molecule has 3 rings (SSSR count). The second-order valence-electron chi connectivity index (χ2n) is 4.32. The second kappa shape index (κ2) is 3.96. The lowest BCUT2D eigenvalue weighted by Gasteiger charge is -2.12. The minimum Gasteiger partial charge on any atom is -0.313 e. The van der Waals surface area contributed by atoms with E-state index < -0.39 is 0 Å². The van der Waals surface area contributed by atoms with Crippen molar-refractivity contribution < 1.29 is 4.39 Å². The smallest absolute Gasteiger partial charge is 0.125 e. The van der Waals surface area contributed by atoms with Gasteiger partial charge in [0, 0.05) is 19.0 Å². The zero-order chi connectivity index (χ0) is 11.8. The molecular weight excluding hydrogens is 217 g/mol. The average molecular weight is 231 g/mol. The molecule has 0 unspecified atom stereocenters. The van der Waals surface area contributed by atoms with Crippen LogP contribution in [0.1, 0.15) is 12.1 Å². The van der Waals surface area contributed by atoms with Gasteiger partial charge in [-0.05, 0) is 36.7 Å². The van der Waals surface area contributed by atoms with Gasteiger partial charge in [-0.1, -0.05) is 6.08 Å². The summed E-state index contributed by atoms with van der Waals surface area (Å²) in [5, 5.41) is 8.82. The van der Waals surface area contributed by atoms with E-state index in [4.69, 9.17) is 0 Å².